The molecule has 1 saturated heterocycles. The van der Waals surface area contributed by atoms with Crippen molar-refractivity contribution < 1.29 is 4.74 Å². The van der Waals surface area contributed by atoms with Crippen molar-refractivity contribution >= 4 is 0 Å². The number of hydrogen-bond acceptors (Lipinski definition) is 6. The van der Waals surface area contributed by atoms with Crippen LogP contribution in [0.3, 0.4) is 0 Å². The van der Waals surface area contributed by atoms with Gasteiger partial charge in [0, 0.05) is 55.8 Å². The van der Waals surface area contributed by atoms with E-state index in [0.717, 1.165) is 35.5 Å². The Kier molecular flexibility index (Phi) is 5.55. The quantitative estimate of drug-likeness (QED) is 0.710. The van der Waals surface area contributed by atoms with Crippen LogP contribution in [-0.4, -0.2) is 45.1 Å². The lowest BCUT2D eigenvalue weighted by Crippen LogP contribution is -2.19. The molecule has 0 saturated carbocycles. The summed E-state index contributed by atoms with van der Waals surface area (Å²) in [5.41, 5.74) is 3.62. The topological polar surface area (TPSA) is 84.0 Å². The van der Waals surface area contributed by atoms with Crippen molar-refractivity contribution in [3.8, 4) is 11.4 Å². The van der Waals surface area contributed by atoms with Crippen molar-refractivity contribution in [1.82, 2.24) is 24.8 Å². The molecule has 1 aliphatic rings. The van der Waals surface area contributed by atoms with Gasteiger partial charge in [0.2, 0.25) is 0 Å². The summed E-state index contributed by atoms with van der Waals surface area (Å²) in [6.07, 6.45) is 6.04. The van der Waals surface area contributed by atoms with Crippen molar-refractivity contribution in [3.05, 3.63) is 76.2 Å². The summed E-state index contributed by atoms with van der Waals surface area (Å²) in [5.74, 6) is 0.797. The molecule has 0 radical (unpaired) electrons. The molecule has 1 aromatic carbocycles. The predicted molar refractivity (Wildman–Crippen MR) is 106 cm³/mol. The molecular formula is C21H23N5O2. The van der Waals surface area contributed by atoms with E-state index in [1.165, 1.54) is 0 Å². The molecule has 7 nitrogen and oxygen atoms in total. The highest BCUT2D eigenvalue weighted by Crippen LogP contribution is 2.26. The van der Waals surface area contributed by atoms with Gasteiger partial charge in [-0.3, -0.25) is 19.7 Å². The van der Waals surface area contributed by atoms with Gasteiger partial charge in [0.1, 0.15) is 5.82 Å². The number of nitrogens with zero attached hydrogens (tertiary/aromatic N) is 4. The molecule has 1 unspecified atom stereocenters. The van der Waals surface area contributed by atoms with Gasteiger partial charge in [0.15, 0.2) is 0 Å². The molecule has 0 spiro atoms. The standard InChI is InChI=1S/C21H23N5O2/c1-26(13-17-11-22-7-8-23-17)12-15-4-2-3-5-18(15)21-24-19(10-20(27)25-21)16-6-9-28-14-16/h2-5,7-8,10-11,16H,6,9,12-14H2,1H3,(H,24,25,27). The van der Waals surface area contributed by atoms with Gasteiger partial charge in [-0.25, -0.2) is 4.98 Å². The fraction of sp³-hybridized carbons (Fsp3) is 0.333. The van der Waals surface area contributed by atoms with Crippen molar-refractivity contribution in [3.63, 3.8) is 0 Å². The third-order valence-electron chi connectivity index (χ3n) is 4.87. The van der Waals surface area contributed by atoms with Crippen LogP contribution in [0.15, 0.2) is 53.7 Å². The maximum Gasteiger partial charge on any atom is 0.251 e. The minimum absolute atomic E-state index is 0.130. The van der Waals surface area contributed by atoms with E-state index in [9.17, 15) is 4.79 Å². The summed E-state index contributed by atoms with van der Waals surface area (Å²) in [7, 11) is 2.04. The summed E-state index contributed by atoms with van der Waals surface area (Å²) in [5, 5.41) is 0. The van der Waals surface area contributed by atoms with Gasteiger partial charge in [-0.2, -0.15) is 0 Å². The first-order valence-corrected chi connectivity index (χ1v) is 9.40. The molecule has 0 aliphatic carbocycles. The van der Waals surface area contributed by atoms with E-state index in [0.29, 0.717) is 25.5 Å². The molecule has 1 N–H and O–H groups in total. The predicted octanol–water partition coefficient (Wildman–Crippen LogP) is 2.36. The van der Waals surface area contributed by atoms with Crippen molar-refractivity contribution in [1.29, 1.82) is 0 Å². The highest BCUT2D eigenvalue weighted by Gasteiger charge is 2.21. The third kappa shape index (κ3) is 4.32. The molecule has 2 aromatic heterocycles. The smallest absolute Gasteiger partial charge is 0.251 e. The van der Waals surface area contributed by atoms with Crippen molar-refractivity contribution in [2.24, 2.45) is 0 Å². The zero-order valence-corrected chi connectivity index (χ0v) is 15.8. The average molecular weight is 377 g/mol. The number of nitrogens with one attached hydrogen (secondary N) is 1. The van der Waals surface area contributed by atoms with E-state index in [1.807, 2.05) is 25.2 Å². The molecule has 1 aliphatic heterocycles. The van der Waals surface area contributed by atoms with E-state index in [-0.39, 0.29) is 11.5 Å². The second kappa shape index (κ2) is 8.41. The van der Waals surface area contributed by atoms with Gasteiger partial charge in [-0.15, -0.1) is 0 Å². The summed E-state index contributed by atoms with van der Waals surface area (Å²) in [6.45, 7) is 2.73. The minimum Gasteiger partial charge on any atom is -0.381 e. The Balaban J connectivity index is 1.60. The molecule has 1 atom stereocenters. The van der Waals surface area contributed by atoms with Gasteiger partial charge in [0.05, 0.1) is 18.0 Å². The Morgan fingerprint density at radius 3 is 2.93 bits per heavy atom. The average Bonchev–Trinajstić information content (AvgIpc) is 3.23. The van der Waals surface area contributed by atoms with E-state index in [1.54, 1.807) is 24.7 Å². The maximum absolute atomic E-state index is 12.3. The maximum atomic E-state index is 12.3. The second-order valence-corrected chi connectivity index (χ2v) is 7.11. The van der Waals surface area contributed by atoms with Crippen LogP contribution in [0.25, 0.3) is 11.4 Å². The number of benzene rings is 1. The van der Waals surface area contributed by atoms with Gasteiger partial charge >= 0.3 is 0 Å². The Hall–Kier alpha value is -2.90. The van der Waals surface area contributed by atoms with Crippen molar-refractivity contribution in [2.75, 3.05) is 20.3 Å². The first kappa shape index (κ1) is 18.5. The Labute approximate surface area is 163 Å². The zero-order valence-electron chi connectivity index (χ0n) is 15.8. The van der Waals surface area contributed by atoms with Gasteiger partial charge in [-0.1, -0.05) is 24.3 Å². The minimum atomic E-state index is -0.130. The SMILES string of the molecule is CN(Cc1cnccn1)Cc1ccccc1-c1nc(C2CCOC2)cc(=O)[nH]1. The number of H-pyrrole nitrogens is 1. The van der Waals surface area contributed by atoms with Crippen LogP contribution in [0.5, 0.6) is 0 Å². The van der Waals surface area contributed by atoms with Crippen LogP contribution in [-0.2, 0) is 17.8 Å². The number of rotatable bonds is 6. The first-order chi connectivity index (χ1) is 13.7. The molecule has 3 heterocycles. The van der Waals surface area contributed by atoms with Crippen LogP contribution in [0, 0.1) is 0 Å². The van der Waals surface area contributed by atoms with Crippen LogP contribution in [0.1, 0.15) is 29.3 Å². The molecule has 0 amide bonds. The molecule has 0 bridgehead atoms. The highest BCUT2D eigenvalue weighted by atomic mass is 16.5. The number of ether oxygens (including phenoxy) is 1. The monoisotopic (exact) mass is 377 g/mol. The van der Waals surface area contributed by atoms with Gasteiger partial charge in [-0.05, 0) is 19.0 Å². The van der Waals surface area contributed by atoms with E-state index in [4.69, 9.17) is 9.72 Å². The molecule has 1 fully saturated rings. The number of aromatic nitrogens is 4. The molecule has 3 aromatic rings. The van der Waals surface area contributed by atoms with Crippen LogP contribution >= 0.6 is 0 Å². The summed E-state index contributed by atoms with van der Waals surface area (Å²) in [4.78, 5) is 30.5. The van der Waals surface area contributed by atoms with E-state index < -0.39 is 0 Å². The summed E-state index contributed by atoms with van der Waals surface area (Å²) in [6, 6.07) is 9.62. The molecule has 7 heteroatoms. The summed E-state index contributed by atoms with van der Waals surface area (Å²) >= 11 is 0. The Bertz CT molecular complexity index is 983. The zero-order chi connectivity index (χ0) is 19.3. The molecule has 144 valence electrons. The van der Waals surface area contributed by atoms with Gasteiger partial charge < -0.3 is 9.72 Å². The third-order valence-corrected chi connectivity index (χ3v) is 4.87. The van der Waals surface area contributed by atoms with Crippen molar-refractivity contribution in [2.45, 2.75) is 25.4 Å². The van der Waals surface area contributed by atoms with Crippen LogP contribution < -0.4 is 5.56 Å². The normalized spacial score (nSPS) is 16.6. The highest BCUT2D eigenvalue weighted by molar-refractivity contribution is 5.60. The largest absolute Gasteiger partial charge is 0.381 e. The number of aromatic amines is 1. The Morgan fingerprint density at radius 1 is 1.25 bits per heavy atom. The second-order valence-electron chi connectivity index (χ2n) is 7.11. The van der Waals surface area contributed by atoms with E-state index in [2.05, 4.69) is 25.9 Å². The molecular weight excluding hydrogens is 354 g/mol. The first-order valence-electron chi connectivity index (χ1n) is 9.40. The number of hydrogen-bond donors (Lipinski definition) is 1. The lowest BCUT2D eigenvalue weighted by atomic mass is 10.0. The fourth-order valence-electron chi connectivity index (χ4n) is 3.50. The van der Waals surface area contributed by atoms with Crippen LogP contribution in [0.4, 0.5) is 0 Å². The molecule has 28 heavy (non-hydrogen) atoms. The van der Waals surface area contributed by atoms with Gasteiger partial charge in [0.25, 0.3) is 5.56 Å². The lowest BCUT2D eigenvalue weighted by molar-refractivity contribution is 0.193. The van der Waals surface area contributed by atoms with Crippen LogP contribution in [0.2, 0.25) is 0 Å². The van der Waals surface area contributed by atoms with E-state index >= 15 is 0 Å². The molecule has 4 rings (SSSR count). The lowest BCUT2D eigenvalue weighted by Gasteiger charge is -2.18. The Morgan fingerprint density at radius 2 is 2.14 bits per heavy atom. The fourth-order valence-corrected chi connectivity index (χ4v) is 3.50. The summed E-state index contributed by atoms with van der Waals surface area (Å²) < 4.78 is 5.46.